The van der Waals surface area contributed by atoms with Crippen LogP contribution >= 0.6 is 0 Å². The van der Waals surface area contributed by atoms with E-state index in [9.17, 15) is 22.4 Å². The lowest BCUT2D eigenvalue weighted by molar-refractivity contribution is -0.139. The molecule has 0 aliphatic rings. The molecule has 0 heterocycles. The zero-order valence-corrected chi connectivity index (χ0v) is 24.9. The van der Waals surface area contributed by atoms with Crippen LogP contribution in [0.4, 0.5) is 10.1 Å². The molecular formula is C31H38FN3O5S. The Morgan fingerprint density at radius 3 is 2.17 bits per heavy atom. The lowest BCUT2D eigenvalue weighted by Gasteiger charge is -2.32. The zero-order chi connectivity index (χ0) is 30.2. The van der Waals surface area contributed by atoms with Crippen LogP contribution in [0.15, 0.2) is 77.7 Å². The molecule has 0 saturated heterocycles. The molecule has 2 amide bonds. The highest BCUT2D eigenvalue weighted by Gasteiger charge is 2.32. The number of amides is 2. The van der Waals surface area contributed by atoms with Gasteiger partial charge in [0.2, 0.25) is 11.8 Å². The monoisotopic (exact) mass is 583 g/mol. The van der Waals surface area contributed by atoms with Gasteiger partial charge in [-0.1, -0.05) is 38.1 Å². The molecule has 220 valence electrons. The van der Waals surface area contributed by atoms with E-state index >= 15 is 0 Å². The summed E-state index contributed by atoms with van der Waals surface area (Å²) in [4.78, 5) is 28.3. The van der Waals surface area contributed by atoms with E-state index in [1.54, 1.807) is 31.2 Å². The number of rotatable bonds is 13. The molecule has 0 aliphatic carbocycles. The summed E-state index contributed by atoms with van der Waals surface area (Å²) in [5, 5.41) is 2.87. The fourth-order valence-electron chi connectivity index (χ4n) is 4.14. The Kier molecular flexibility index (Phi) is 10.9. The average molecular weight is 584 g/mol. The van der Waals surface area contributed by atoms with Crippen LogP contribution in [-0.4, -0.2) is 50.9 Å². The molecule has 10 heteroatoms. The van der Waals surface area contributed by atoms with Crippen LogP contribution in [0.3, 0.4) is 0 Å². The second-order valence-corrected chi connectivity index (χ2v) is 12.0. The molecule has 8 nitrogen and oxygen atoms in total. The number of hydrogen-bond acceptors (Lipinski definition) is 5. The van der Waals surface area contributed by atoms with Crippen molar-refractivity contribution in [2.75, 3.05) is 24.0 Å². The fourth-order valence-corrected chi connectivity index (χ4v) is 5.56. The van der Waals surface area contributed by atoms with Crippen molar-refractivity contribution in [3.8, 4) is 5.75 Å². The van der Waals surface area contributed by atoms with E-state index in [2.05, 4.69) is 5.32 Å². The third-order valence-corrected chi connectivity index (χ3v) is 8.36. The molecule has 41 heavy (non-hydrogen) atoms. The van der Waals surface area contributed by atoms with E-state index in [0.29, 0.717) is 18.9 Å². The molecule has 0 saturated carbocycles. The van der Waals surface area contributed by atoms with Gasteiger partial charge in [-0.25, -0.2) is 12.8 Å². The number of anilines is 1. The lowest BCUT2D eigenvalue weighted by Crippen LogP contribution is -2.51. The van der Waals surface area contributed by atoms with E-state index in [1.807, 2.05) is 52.0 Å². The van der Waals surface area contributed by atoms with Crippen molar-refractivity contribution in [2.45, 2.75) is 52.1 Å². The normalized spacial score (nSPS) is 12.1. The topological polar surface area (TPSA) is 96.0 Å². The highest BCUT2D eigenvalue weighted by atomic mass is 32.2. The summed E-state index contributed by atoms with van der Waals surface area (Å²) in [5.41, 5.74) is 1.99. The van der Waals surface area contributed by atoms with E-state index in [0.717, 1.165) is 39.7 Å². The molecule has 0 spiro atoms. The third-order valence-electron chi connectivity index (χ3n) is 6.57. The first-order valence-electron chi connectivity index (χ1n) is 13.6. The number of halogens is 1. The first kappa shape index (κ1) is 31.6. The Hall–Kier alpha value is -3.92. The van der Waals surface area contributed by atoms with Crippen molar-refractivity contribution in [1.82, 2.24) is 10.2 Å². The Bertz CT molecular complexity index is 1430. The molecule has 0 aliphatic heterocycles. The number of nitrogens with one attached hydrogen (secondary N) is 1. The number of carbonyl (C=O) groups is 2. The van der Waals surface area contributed by atoms with Gasteiger partial charge in [0.05, 0.1) is 17.2 Å². The molecule has 3 aromatic carbocycles. The first-order valence-corrected chi connectivity index (χ1v) is 15.0. The first-order chi connectivity index (χ1) is 19.4. The summed E-state index contributed by atoms with van der Waals surface area (Å²) < 4.78 is 47.7. The van der Waals surface area contributed by atoms with Crippen LogP contribution < -0.4 is 14.4 Å². The van der Waals surface area contributed by atoms with Crippen LogP contribution in [-0.2, 0) is 26.2 Å². The van der Waals surface area contributed by atoms with Crippen LogP contribution in [0, 0.1) is 18.7 Å². The van der Waals surface area contributed by atoms with Gasteiger partial charge in [-0.15, -0.1) is 0 Å². The van der Waals surface area contributed by atoms with E-state index in [-0.39, 0.29) is 29.0 Å². The molecule has 0 bridgehead atoms. The van der Waals surface area contributed by atoms with Crippen molar-refractivity contribution in [3.05, 3.63) is 89.7 Å². The van der Waals surface area contributed by atoms with E-state index in [4.69, 9.17) is 4.74 Å². The number of aryl methyl sites for hydroxylation is 1. The minimum atomic E-state index is -4.30. The number of ether oxygens (including phenoxy) is 1. The van der Waals surface area contributed by atoms with Crippen LogP contribution in [0.2, 0.25) is 0 Å². The minimum absolute atomic E-state index is 0.107. The predicted molar refractivity (Wildman–Crippen MR) is 158 cm³/mol. The van der Waals surface area contributed by atoms with Gasteiger partial charge in [0.15, 0.2) is 0 Å². The smallest absolute Gasteiger partial charge is 0.264 e. The lowest BCUT2D eigenvalue weighted by atomic mass is 10.1. The Morgan fingerprint density at radius 1 is 0.951 bits per heavy atom. The van der Waals surface area contributed by atoms with Gasteiger partial charge >= 0.3 is 0 Å². The van der Waals surface area contributed by atoms with Gasteiger partial charge in [0.1, 0.15) is 24.2 Å². The summed E-state index contributed by atoms with van der Waals surface area (Å²) >= 11 is 0. The summed E-state index contributed by atoms with van der Waals surface area (Å²) in [6.07, 6.45) is 0. The molecule has 3 rings (SSSR count). The second-order valence-electron chi connectivity index (χ2n) is 10.2. The maximum absolute atomic E-state index is 14.0. The second kappa shape index (κ2) is 14.1. The van der Waals surface area contributed by atoms with E-state index in [1.165, 1.54) is 4.90 Å². The van der Waals surface area contributed by atoms with Crippen molar-refractivity contribution in [2.24, 2.45) is 5.92 Å². The molecular weight excluding hydrogens is 545 g/mol. The summed E-state index contributed by atoms with van der Waals surface area (Å²) in [5.74, 6) is -0.742. The molecule has 1 atom stereocenters. The van der Waals surface area contributed by atoms with Gasteiger partial charge in [0.25, 0.3) is 10.0 Å². The summed E-state index contributed by atoms with van der Waals surface area (Å²) in [6, 6.07) is 17.4. The molecule has 0 fully saturated rings. The van der Waals surface area contributed by atoms with Crippen LogP contribution in [0.25, 0.3) is 0 Å². The molecule has 1 unspecified atom stereocenters. The fraction of sp³-hybridized carbons (Fsp3) is 0.355. The number of benzene rings is 3. The maximum Gasteiger partial charge on any atom is 0.264 e. The van der Waals surface area contributed by atoms with Crippen LogP contribution in [0.1, 0.15) is 38.8 Å². The zero-order valence-electron chi connectivity index (χ0n) is 24.1. The van der Waals surface area contributed by atoms with E-state index < -0.39 is 34.3 Å². The molecule has 1 N–H and O–H groups in total. The third kappa shape index (κ3) is 8.29. The van der Waals surface area contributed by atoms with Crippen LogP contribution in [0.5, 0.6) is 5.75 Å². The highest BCUT2D eigenvalue weighted by molar-refractivity contribution is 7.92. The number of nitrogens with zero attached hydrogens (tertiary/aromatic N) is 2. The number of carbonyl (C=O) groups excluding carboxylic acids is 2. The largest absolute Gasteiger partial charge is 0.494 e. The predicted octanol–water partition coefficient (Wildman–Crippen LogP) is 4.92. The van der Waals surface area contributed by atoms with Crippen molar-refractivity contribution in [3.63, 3.8) is 0 Å². The summed E-state index contributed by atoms with van der Waals surface area (Å²) in [7, 11) is -4.30. The molecule has 0 aromatic heterocycles. The highest BCUT2D eigenvalue weighted by Crippen LogP contribution is 2.27. The number of hydrogen-bond donors (Lipinski definition) is 1. The van der Waals surface area contributed by atoms with Crippen molar-refractivity contribution in [1.29, 1.82) is 0 Å². The average Bonchev–Trinajstić information content (AvgIpc) is 2.94. The Labute approximate surface area is 242 Å². The SMILES string of the molecule is CCOc1ccc(N(CC(=O)N(Cc2ccccc2C)C(C)C(=O)NCC(C)C)S(=O)(=O)c2ccc(F)cc2)cc1. The van der Waals surface area contributed by atoms with Gasteiger partial charge in [0, 0.05) is 13.1 Å². The van der Waals surface area contributed by atoms with Gasteiger partial charge in [-0.3, -0.25) is 13.9 Å². The standard InChI is InChI=1S/C31H38FN3O5S/c1-6-40-28-15-13-27(14-16-28)35(41(38,39)29-17-11-26(32)12-18-29)21-30(36)34(20-25-10-8-7-9-23(25)4)24(5)31(37)33-19-22(2)3/h7-18,22,24H,6,19-21H2,1-5H3,(H,33,37). The molecule has 0 radical (unpaired) electrons. The van der Waals surface area contributed by atoms with Gasteiger partial charge in [-0.05, 0) is 86.3 Å². The van der Waals surface area contributed by atoms with Crippen molar-refractivity contribution < 1.29 is 27.1 Å². The quantitative estimate of drug-likeness (QED) is 0.308. The maximum atomic E-state index is 14.0. The number of sulfonamides is 1. The van der Waals surface area contributed by atoms with Gasteiger partial charge in [-0.2, -0.15) is 0 Å². The Morgan fingerprint density at radius 2 is 1.59 bits per heavy atom. The minimum Gasteiger partial charge on any atom is -0.494 e. The Balaban J connectivity index is 2.03. The summed E-state index contributed by atoms with van der Waals surface area (Å²) in [6.45, 7) is 9.70. The van der Waals surface area contributed by atoms with Crippen molar-refractivity contribution >= 4 is 27.5 Å². The molecule has 3 aromatic rings. The van der Waals surface area contributed by atoms with Gasteiger partial charge < -0.3 is 15.0 Å².